The summed E-state index contributed by atoms with van der Waals surface area (Å²) in [6.45, 7) is 7.19. The first-order chi connectivity index (χ1) is 8.47. The fourth-order valence-corrected chi connectivity index (χ4v) is 1.86. The van der Waals surface area contributed by atoms with Gasteiger partial charge in [-0.3, -0.25) is 0 Å². The number of benzene rings is 1. The van der Waals surface area contributed by atoms with Crippen LogP contribution in [0.5, 0.6) is 0 Å². The van der Waals surface area contributed by atoms with Crippen LogP contribution in [0.3, 0.4) is 0 Å². The topological polar surface area (TPSA) is 55.6 Å². The molecule has 0 aliphatic rings. The lowest BCUT2D eigenvalue weighted by Gasteiger charge is -2.23. The predicted octanol–water partition coefficient (Wildman–Crippen LogP) is 2.12. The molecule has 0 aliphatic heterocycles. The largest absolute Gasteiger partial charge is 0.377 e. The van der Waals surface area contributed by atoms with Crippen molar-refractivity contribution in [3.05, 3.63) is 35.7 Å². The first kappa shape index (κ1) is 12.5. The van der Waals surface area contributed by atoms with Gasteiger partial charge >= 0.3 is 0 Å². The zero-order chi connectivity index (χ0) is 13.2. The molecule has 0 bridgehead atoms. The van der Waals surface area contributed by atoms with E-state index < -0.39 is 0 Å². The molecule has 1 aromatic carbocycles. The van der Waals surface area contributed by atoms with Gasteiger partial charge in [0.15, 0.2) is 5.82 Å². The number of aromatic nitrogens is 4. The maximum atomic E-state index is 4.15. The number of rotatable bonds is 3. The molecule has 0 unspecified atom stereocenters. The highest BCUT2D eigenvalue weighted by molar-refractivity contribution is 5.54. The van der Waals surface area contributed by atoms with E-state index in [1.807, 2.05) is 6.07 Å². The maximum absolute atomic E-state index is 4.15. The molecule has 0 fully saturated rings. The van der Waals surface area contributed by atoms with Crippen molar-refractivity contribution in [2.75, 3.05) is 5.32 Å². The summed E-state index contributed by atoms with van der Waals surface area (Å²) < 4.78 is 0. The lowest BCUT2D eigenvalue weighted by atomic mass is 9.86. The van der Waals surface area contributed by atoms with E-state index in [9.17, 15) is 0 Å². The van der Waals surface area contributed by atoms with E-state index in [0.717, 1.165) is 5.69 Å². The summed E-state index contributed by atoms with van der Waals surface area (Å²) >= 11 is 0. The fraction of sp³-hybridized carbons (Fsp3) is 0.462. The molecule has 96 valence electrons. The molecule has 2 aromatic rings. The number of hydrogen-bond donors (Lipinski definition) is 1. The average Bonchev–Trinajstić information content (AvgIpc) is 2.72. The Morgan fingerprint density at radius 1 is 1.22 bits per heavy atom. The second-order valence-corrected chi connectivity index (χ2v) is 5.34. The van der Waals surface area contributed by atoms with Gasteiger partial charge in [-0.05, 0) is 22.3 Å². The van der Waals surface area contributed by atoms with E-state index in [-0.39, 0.29) is 5.41 Å². The third-order valence-corrected chi connectivity index (χ3v) is 2.72. The summed E-state index contributed by atoms with van der Waals surface area (Å²) in [4.78, 5) is 1.46. The average molecular weight is 245 g/mol. The highest BCUT2D eigenvalue weighted by atomic mass is 15.6. The fourth-order valence-electron chi connectivity index (χ4n) is 1.86. The zero-order valence-electron chi connectivity index (χ0n) is 11.3. The van der Waals surface area contributed by atoms with Crippen molar-refractivity contribution >= 4 is 5.69 Å². The molecular formula is C13H19N5. The SMILES string of the molecule is Cn1nnc(CNc2ccccc2C(C)(C)C)n1. The minimum absolute atomic E-state index is 0.111. The Bertz CT molecular complexity index is 524. The molecule has 0 aliphatic carbocycles. The highest BCUT2D eigenvalue weighted by Crippen LogP contribution is 2.29. The summed E-state index contributed by atoms with van der Waals surface area (Å²) in [5.41, 5.74) is 2.52. The Labute approximate surface area is 107 Å². The number of aryl methyl sites for hydroxylation is 1. The molecule has 1 heterocycles. The summed E-state index contributed by atoms with van der Waals surface area (Å²) in [5.74, 6) is 0.696. The van der Waals surface area contributed by atoms with Gasteiger partial charge in [-0.1, -0.05) is 39.0 Å². The Hall–Kier alpha value is -1.91. The third-order valence-electron chi connectivity index (χ3n) is 2.72. The van der Waals surface area contributed by atoms with Gasteiger partial charge in [0.2, 0.25) is 0 Å². The van der Waals surface area contributed by atoms with E-state index in [1.54, 1.807) is 7.05 Å². The van der Waals surface area contributed by atoms with E-state index in [2.05, 4.69) is 59.7 Å². The molecule has 5 heteroatoms. The number of hydrogen-bond acceptors (Lipinski definition) is 4. The van der Waals surface area contributed by atoms with Crippen LogP contribution in [0.15, 0.2) is 24.3 Å². The van der Waals surface area contributed by atoms with Crippen molar-refractivity contribution in [2.24, 2.45) is 7.05 Å². The molecule has 5 nitrogen and oxygen atoms in total. The second kappa shape index (κ2) is 4.76. The van der Waals surface area contributed by atoms with Crippen molar-refractivity contribution in [2.45, 2.75) is 32.7 Å². The van der Waals surface area contributed by atoms with Crippen LogP contribution in [0.25, 0.3) is 0 Å². The molecule has 0 saturated carbocycles. The minimum atomic E-state index is 0.111. The number of anilines is 1. The summed E-state index contributed by atoms with van der Waals surface area (Å²) in [6.07, 6.45) is 0. The van der Waals surface area contributed by atoms with Gasteiger partial charge < -0.3 is 5.32 Å². The van der Waals surface area contributed by atoms with Gasteiger partial charge in [0.25, 0.3) is 0 Å². The first-order valence-corrected chi connectivity index (χ1v) is 6.03. The Balaban J connectivity index is 2.14. The zero-order valence-corrected chi connectivity index (χ0v) is 11.3. The number of tetrazole rings is 1. The summed E-state index contributed by atoms with van der Waals surface area (Å²) in [7, 11) is 1.76. The van der Waals surface area contributed by atoms with E-state index >= 15 is 0 Å². The van der Waals surface area contributed by atoms with Gasteiger partial charge in [-0.15, -0.1) is 10.2 Å². The smallest absolute Gasteiger partial charge is 0.193 e. The van der Waals surface area contributed by atoms with Crippen LogP contribution >= 0.6 is 0 Å². The number of nitrogens with one attached hydrogen (secondary N) is 1. The second-order valence-electron chi connectivity index (χ2n) is 5.34. The molecule has 1 aromatic heterocycles. The molecule has 0 spiro atoms. The standard InChI is InChI=1S/C13H19N5/c1-13(2,3)10-7-5-6-8-11(10)14-9-12-15-17-18(4)16-12/h5-8,14H,9H2,1-4H3. The lowest BCUT2D eigenvalue weighted by Crippen LogP contribution is -2.15. The van der Waals surface area contributed by atoms with Crippen LogP contribution in [-0.2, 0) is 19.0 Å². The van der Waals surface area contributed by atoms with Crippen LogP contribution in [0.1, 0.15) is 32.2 Å². The van der Waals surface area contributed by atoms with Crippen molar-refractivity contribution in [3.63, 3.8) is 0 Å². The Morgan fingerprint density at radius 3 is 2.56 bits per heavy atom. The molecule has 2 rings (SSSR count). The molecule has 18 heavy (non-hydrogen) atoms. The number of para-hydroxylation sites is 1. The van der Waals surface area contributed by atoms with Crippen LogP contribution in [-0.4, -0.2) is 20.2 Å². The first-order valence-electron chi connectivity index (χ1n) is 6.03. The normalized spacial score (nSPS) is 11.6. The lowest BCUT2D eigenvalue weighted by molar-refractivity contribution is 0.591. The molecule has 0 atom stereocenters. The number of nitrogens with zero attached hydrogens (tertiary/aromatic N) is 4. The molecule has 1 N–H and O–H groups in total. The van der Waals surface area contributed by atoms with Crippen molar-refractivity contribution < 1.29 is 0 Å². The summed E-state index contributed by atoms with van der Waals surface area (Å²) in [5, 5.41) is 15.3. The van der Waals surface area contributed by atoms with Crippen molar-refractivity contribution in [1.82, 2.24) is 20.2 Å². The van der Waals surface area contributed by atoms with Crippen LogP contribution in [0.2, 0.25) is 0 Å². The third kappa shape index (κ3) is 2.85. The van der Waals surface area contributed by atoms with E-state index in [0.29, 0.717) is 12.4 Å². The van der Waals surface area contributed by atoms with Gasteiger partial charge in [0.1, 0.15) is 0 Å². The van der Waals surface area contributed by atoms with Crippen LogP contribution < -0.4 is 5.32 Å². The van der Waals surface area contributed by atoms with E-state index in [4.69, 9.17) is 0 Å². The molecular weight excluding hydrogens is 226 g/mol. The van der Waals surface area contributed by atoms with Crippen molar-refractivity contribution in [3.8, 4) is 0 Å². The van der Waals surface area contributed by atoms with E-state index in [1.165, 1.54) is 10.4 Å². The Morgan fingerprint density at radius 2 is 1.94 bits per heavy atom. The summed E-state index contributed by atoms with van der Waals surface area (Å²) in [6, 6.07) is 8.32. The highest BCUT2D eigenvalue weighted by Gasteiger charge is 2.17. The van der Waals surface area contributed by atoms with Crippen LogP contribution in [0.4, 0.5) is 5.69 Å². The quantitative estimate of drug-likeness (QED) is 0.900. The van der Waals surface area contributed by atoms with Gasteiger partial charge in [0, 0.05) is 5.69 Å². The van der Waals surface area contributed by atoms with Gasteiger partial charge in [-0.25, -0.2) is 0 Å². The molecule has 0 radical (unpaired) electrons. The molecule has 0 saturated heterocycles. The van der Waals surface area contributed by atoms with Gasteiger partial charge in [-0.2, -0.15) is 4.80 Å². The van der Waals surface area contributed by atoms with Gasteiger partial charge in [0.05, 0.1) is 13.6 Å². The maximum Gasteiger partial charge on any atom is 0.193 e. The monoisotopic (exact) mass is 245 g/mol. The minimum Gasteiger partial charge on any atom is -0.377 e. The Kier molecular flexibility index (Phi) is 3.32. The molecule has 0 amide bonds. The van der Waals surface area contributed by atoms with Crippen LogP contribution in [0, 0.1) is 0 Å². The van der Waals surface area contributed by atoms with Crippen molar-refractivity contribution in [1.29, 1.82) is 0 Å². The predicted molar refractivity (Wildman–Crippen MR) is 71.3 cm³/mol.